The average molecular weight is 402 g/mol. The summed E-state index contributed by atoms with van der Waals surface area (Å²) in [5, 5.41) is 2.98. The smallest absolute Gasteiger partial charge is 0.321 e. The van der Waals surface area contributed by atoms with Gasteiger partial charge in [0.15, 0.2) is 5.82 Å². The number of hydrogen-bond donors (Lipinski definition) is 1. The van der Waals surface area contributed by atoms with E-state index in [0.717, 1.165) is 41.7 Å². The standard InChI is InChI=1S/C24H27N5O/c1-17-4-8-20(9-5-17)23-25-19(3)16-22(27-23)28-12-14-29(15-13-28)24(30)26-21-10-6-18(2)7-11-21/h4-11,16H,12-15H2,1-3H3,(H,26,30). The fourth-order valence-corrected chi connectivity index (χ4v) is 3.52. The number of amides is 2. The second-order valence-electron chi connectivity index (χ2n) is 7.83. The second-order valence-corrected chi connectivity index (χ2v) is 7.83. The number of benzene rings is 2. The number of rotatable bonds is 3. The molecule has 0 bridgehead atoms. The van der Waals surface area contributed by atoms with Crippen LogP contribution in [0.5, 0.6) is 0 Å². The molecule has 0 unspecified atom stereocenters. The van der Waals surface area contributed by atoms with E-state index >= 15 is 0 Å². The molecule has 4 rings (SSSR count). The van der Waals surface area contributed by atoms with Gasteiger partial charge in [0, 0.05) is 49.2 Å². The lowest BCUT2D eigenvalue weighted by Gasteiger charge is -2.35. The Kier molecular flexibility index (Phi) is 5.65. The molecule has 0 radical (unpaired) electrons. The van der Waals surface area contributed by atoms with E-state index in [4.69, 9.17) is 4.98 Å². The van der Waals surface area contributed by atoms with E-state index in [1.807, 2.05) is 49.1 Å². The molecule has 6 heteroatoms. The number of anilines is 2. The van der Waals surface area contributed by atoms with Gasteiger partial charge in [-0.2, -0.15) is 0 Å². The molecule has 1 saturated heterocycles. The summed E-state index contributed by atoms with van der Waals surface area (Å²) < 4.78 is 0. The predicted octanol–water partition coefficient (Wildman–Crippen LogP) is 4.42. The van der Waals surface area contributed by atoms with Crippen LogP contribution < -0.4 is 10.2 Å². The highest BCUT2D eigenvalue weighted by Gasteiger charge is 2.22. The van der Waals surface area contributed by atoms with Crippen LogP contribution in [0.2, 0.25) is 0 Å². The molecule has 1 fully saturated rings. The van der Waals surface area contributed by atoms with Crippen molar-refractivity contribution in [2.75, 3.05) is 36.4 Å². The SMILES string of the molecule is Cc1ccc(NC(=O)N2CCN(c3cc(C)nc(-c4ccc(C)cc4)n3)CC2)cc1. The Morgan fingerprint density at radius 1 is 0.833 bits per heavy atom. The summed E-state index contributed by atoms with van der Waals surface area (Å²) in [6.45, 7) is 8.89. The average Bonchev–Trinajstić information content (AvgIpc) is 2.75. The van der Waals surface area contributed by atoms with Crippen LogP contribution in [0.15, 0.2) is 54.6 Å². The van der Waals surface area contributed by atoms with Crippen LogP contribution in [-0.4, -0.2) is 47.1 Å². The zero-order chi connectivity index (χ0) is 21.1. The number of hydrogen-bond acceptors (Lipinski definition) is 4. The molecule has 2 amide bonds. The van der Waals surface area contributed by atoms with Gasteiger partial charge in [-0.05, 0) is 32.9 Å². The third-order valence-electron chi connectivity index (χ3n) is 5.34. The Morgan fingerprint density at radius 3 is 2.07 bits per heavy atom. The molecule has 154 valence electrons. The van der Waals surface area contributed by atoms with E-state index in [0.29, 0.717) is 13.1 Å². The third-order valence-corrected chi connectivity index (χ3v) is 5.34. The number of carbonyl (C=O) groups excluding carboxylic acids is 1. The number of nitrogens with zero attached hydrogens (tertiary/aromatic N) is 4. The molecule has 2 aromatic carbocycles. The summed E-state index contributed by atoms with van der Waals surface area (Å²) in [6.07, 6.45) is 0. The summed E-state index contributed by atoms with van der Waals surface area (Å²) >= 11 is 0. The van der Waals surface area contributed by atoms with Gasteiger partial charge in [-0.25, -0.2) is 14.8 Å². The monoisotopic (exact) mass is 401 g/mol. The normalized spacial score (nSPS) is 14.0. The molecule has 3 aromatic rings. The van der Waals surface area contributed by atoms with Crippen LogP contribution in [0, 0.1) is 20.8 Å². The first-order valence-electron chi connectivity index (χ1n) is 10.3. The number of aryl methyl sites for hydroxylation is 3. The zero-order valence-electron chi connectivity index (χ0n) is 17.7. The van der Waals surface area contributed by atoms with Crippen molar-refractivity contribution in [3.63, 3.8) is 0 Å². The largest absolute Gasteiger partial charge is 0.353 e. The van der Waals surface area contributed by atoms with Crippen LogP contribution >= 0.6 is 0 Å². The molecular formula is C24H27N5O. The Hall–Kier alpha value is -3.41. The summed E-state index contributed by atoms with van der Waals surface area (Å²) in [4.78, 5) is 26.1. The molecule has 0 aliphatic carbocycles. The van der Waals surface area contributed by atoms with Crippen LogP contribution in [0.25, 0.3) is 11.4 Å². The van der Waals surface area contributed by atoms with Crippen molar-refractivity contribution >= 4 is 17.5 Å². The van der Waals surface area contributed by atoms with E-state index in [1.54, 1.807) is 0 Å². The number of aromatic nitrogens is 2. The van der Waals surface area contributed by atoms with Gasteiger partial charge >= 0.3 is 6.03 Å². The van der Waals surface area contributed by atoms with E-state index in [1.165, 1.54) is 11.1 Å². The Balaban J connectivity index is 1.41. The van der Waals surface area contributed by atoms with Gasteiger partial charge in [-0.1, -0.05) is 47.5 Å². The topological polar surface area (TPSA) is 61.4 Å². The van der Waals surface area contributed by atoms with Gasteiger partial charge in [0.1, 0.15) is 5.82 Å². The van der Waals surface area contributed by atoms with Gasteiger partial charge in [0.05, 0.1) is 0 Å². The minimum atomic E-state index is -0.0577. The van der Waals surface area contributed by atoms with E-state index in [2.05, 4.69) is 46.4 Å². The maximum absolute atomic E-state index is 12.6. The molecule has 0 saturated carbocycles. The van der Waals surface area contributed by atoms with Crippen molar-refractivity contribution in [1.82, 2.24) is 14.9 Å². The Bertz CT molecular complexity index is 1020. The van der Waals surface area contributed by atoms with Crippen LogP contribution in [0.3, 0.4) is 0 Å². The van der Waals surface area contributed by atoms with Crippen molar-refractivity contribution in [2.45, 2.75) is 20.8 Å². The van der Waals surface area contributed by atoms with E-state index in [9.17, 15) is 4.79 Å². The first kappa shape index (κ1) is 19.9. The molecule has 1 aliphatic rings. The molecule has 2 heterocycles. The second kappa shape index (κ2) is 8.53. The highest BCUT2D eigenvalue weighted by molar-refractivity contribution is 5.89. The van der Waals surface area contributed by atoms with Crippen LogP contribution in [-0.2, 0) is 0 Å². The zero-order valence-corrected chi connectivity index (χ0v) is 17.7. The number of nitrogens with one attached hydrogen (secondary N) is 1. The molecular weight excluding hydrogens is 374 g/mol. The number of urea groups is 1. The molecule has 6 nitrogen and oxygen atoms in total. The van der Waals surface area contributed by atoms with Gasteiger partial charge in [0.2, 0.25) is 0 Å². The third kappa shape index (κ3) is 4.59. The summed E-state index contributed by atoms with van der Waals surface area (Å²) in [6, 6.07) is 18.1. The van der Waals surface area contributed by atoms with Crippen molar-refractivity contribution in [3.8, 4) is 11.4 Å². The van der Waals surface area contributed by atoms with E-state index in [-0.39, 0.29) is 6.03 Å². The van der Waals surface area contributed by atoms with Crippen LogP contribution in [0.4, 0.5) is 16.3 Å². The highest BCUT2D eigenvalue weighted by Crippen LogP contribution is 2.22. The van der Waals surface area contributed by atoms with Gasteiger partial charge in [-0.15, -0.1) is 0 Å². The van der Waals surface area contributed by atoms with Crippen molar-refractivity contribution in [2.24, 2.45) is 0 Å². The first-order valence-corrected chi connectivity index (χ1v) is 10.3. The molecule has 1 aromatic heterocycles. The quantitative estimate of drug-likeness (QED) is 0.706. The first-order chi connectivity index (χ1) is 14.5. The maximum Gasteiger partial charge on any atom is 0.321 e. The number of carbonyl (C=O) groups is 1. The summed E-state index contributed by atoms with van der Waals surface area (Å²) in [7, 11) is 0. The minimum Gasteiger partial charge on any atom is -0.353 e. The fraction of sp³-hybridized carbons (Fsp3) is 0.292. The van der Waals surface area contributed by atoms with E-state index < -0.39 is 0 Å². The maximum atomic E-state index is 12.6. The van der Waals surface area contributed by atoms with Gasteiger partial charge in [-0.3, -0.25) is 0 Å². The highest BCUT2D eigenvalue weighted by atomic mass is 16.2. The van der Waals surface area contributed by atoms with Crippen molar-refractivity contribution in [3.05, 3.63) is 71.4 Å². The Labute approximate surface area is 177 Å². The Morgan fingerprint density at radius 2 is 1.43 bits per heavy atom. The molecule has 1 N–H and O–H groups in total. The summed E-state index contributed by atoms with van der Waals surface area (Å²) in [5.74, 6) is 1.65. The molecule has 0 spiro atoms. The fourth-order valence-electron chi connectivity index (χ4n) is 3.52. The lowest BCUT2D eigenvalue weighted by molar-refractivity contribution is 0.208. The summed E-state index contributed by atoms with van der Waals surface area (Å²) in [5.41, 5.74) is 5.16. The van der Waals surface area contributed by atoms with Gasteiger partial charge in [0.25, 0.3) is 0 Å². The van der Waals surface area contributed by atoms with Crippen molar-refractivity contribution < 1.29 is 4.79 Å². The lowest BCUT2D eigenvalue weighted by atomic mass is 10.1. The molecule has 1 aliphatic heterocycles. The number of piperazine rings is 1. The van der Waals surface area contributed by atoms with Gasteiger partial charge < -0.3 is 15.1 Å². The predicted molar refractivity (Wildman–Crippen MR) is 121 cm³/mol. The molecule has 30 heavy (non-hydrogen) atoms. The molecule has 0 atom stereocenters. The van der Waals surface area contributed by atoms with Crippen molar-refractivity contribution in [1.29, 1.82) is 0 Å². The minimum absolute atomic E-state index is 0.0577. The lowest BCUT2D eigenvalue weighted by Crippen LogP contribution is -2.50. The van der Waals surface area contributed by atoms with Crippen LogP contribution in [0.1, 0.15) is 16.8 Å².